The van der Waals surface area contributed by atoms with Gasteiger partial charge in [-0.25, -0.2) is 4.98 Å². The number of amides is 1. The minimum absolute atomic E-state index is 0.142. The molecule has 0 saturated carbocycles. The highest BCUT2D eigenvalue weighted by molar-refractivity contribution is 7.09. The minimum atomic E-state index is -0.142. The first-order valence-corrected chi connectivity index (χ1v) is 10.0. The number of aryl methyl sites for hydroxylation is 2. The predicted molar refractivity (Wildman–Crippen MR) is 114 cm³/mol. The van der Waals surface area contributed by atoms with Crippen molar-refractivity contribution in [3.05, 3.63) is 63.6 Å². The molecular formula is C22H24N2O4S. The van der Waals surface area contributed by atoms with E-state index in [0.29, 0.717) is 29.5 Å². The fourth-order valence-electron chi connectivity index (χ4n) is 2.75. The Kier molecular flexibility index (Phi) is 6.72. The first-order valence-electron chi connectivity index (χ1n) is 9.13. The van der Waals surface area contributed by atoms with Crippen LogP contribution in [0, 0.1) is 13.8 Å². The van der Waals surface area contributed by atoms with Gasteiger partial charge in [0.2, 0.25) is 5.91 Å². The van der Waals surface area contributed by atoms with Crippen LogP contribution in [0.2, 0.25) is 0 Å². The third-order valence-electron chi connectivity index (χ3n) is 4.33. The number of methoxy groups -OCH3 is 2. The summed E-state index contributed by atoms with van der Waals surface area (Å²) in [6.07, 6.45) is 0.189. The highest BCUT2D eigenvalue weighted by Gasteiger charge is 2.13. The molecule has 1 aromatic heterocycles. The fourth-order valence-corrected chi connectivity index (χ4v) is 3.46. The molecule has 0 saturated heterocycles. The van der Waals surface area contributed by atoms with Crippen molar-refractivity contribution < 1.29 is 19.0 Å². The van der Waals surface area contributed by atoms with Gasteiger partial charge in [-0.3, -0.25) is 4.79 Å². The number of benzene rings is 2. The average Bonchev–Trinajstić information content (AvgIpc) is 3.15. The van der Waals surface area contributed by atoms with E-state index in [-0.39, 0.29) is 12.3 Å². The fraction of sp³-hybridized carbons (Fsp3) is 0.273. The Hall–Kier alpha value is -3.06. The van der Waals surface area contributed by atoms with E-state index >= 15 is 0 Å². The molecule has 0 aliphatic rings. The third-order valence-corrected chi connectivity index (χ3v) is 5.20. The second-order valence-electron chi connectivity index (χ2n) is 6.58. The molecule has 3 aromatic rings. The predicted octanol–water partition coefficient (Wildman–Crippen LogP) is 4.54. The van der Waals surface area contributed by atoms with Gasteiger partial charge in [0.15, 0.2) is 11.5 Å². The number of nitrogens with zero attached hydrogens (tertiary/aromatic N) is 1. The van der Waals surface area contributed by atoms with E-state index in [0.717, 1.165) is 16.3 Å². The molecule has 0 fully saturated rings. The quantitative estimate of drug-likeness (QED) is 0.588. The van der Waals surface area contributed by atoms with Crippen LogP contribution >= 0.6 is 11.3 Å². The summed E-state index contributed by atoms with van der Waals surface area (Å²) < 4.78 is 16.3. The molecule has 6 nitrogen and oxygen atoms in total. The van der Waals surface area contributed by atoms with Gasteiger partial charge in [-0.2, -0.15) is 0 Å². The summed E-state index contributed by atoms with van der Waals surface area (Å²) in [5, 5.41) is 5.63. The molecule has 7 heteroatoms. The number of carbonyl (C=O) groups is 1. The first kappa shape index (κ1) is 20.7. The van der Waals surface area contributed by atoms with Gasteiger partial charge in [0.05, 0.1) is 26.3 Å². The maximum atomic E-state index is 12.5. The Morgan fingerprint density at radius 1 is 1.07 bits per heavy atom. The van der Waals surface area contributed by atoms with Gasteiger partial charge in [0.1, 0.15) is 17.4 Å². The van der Waals surface area contributed by atoms with Crippen molar-refractivity contribution in [1.82, 2.24) is 4.98 Å². The summed E-state index contributed by atoms with van der Waals surface area (Å²) in [4.78, 5) is 17.0. The van der Waals surface area contributed by atoms with E-state index in [9.17, 15) is 4.79 Å². The molecule has 1 N–H and O–H groups in total. The van der Waals surface area contributed by atoms with Crippen LogP contribution in [-0.4, -0.2) is 25.1 Å². The molecule has 0 radical (unpaired) electrons. The molecule has 1 heterocycles. The van der Waals surface area contributed by atoms with E-state index in [1.807, 2.05) is 49.6 Å². The monoisotopic (exact) mass is 412 g/mol. The normalized spacial score (nSPS) is 10.5. The highest BCUT2D eigenvalue weighted by atomic mass is 32.1. The molecule has 0 atom stereocenters. The Morgan fingerprint density at radius 3 is 2.45 bits per heavy atom. The van der Waals surface area contributed by atoms with Crippen LogP contribution in [0.15, 0.2) is 41.8 Å². The molecule has 0 aliphatic heterocycles. The van der Waals surface area contributed by atoms with Crippen LogP contribution in [0.4, 0.5) is 5.69 Å². The van der Waals surface area contributed by atoms with Crippen LogP contribution in [0.1, 0.15) is 21.8 Å². The number of ether oxygens (including phenoxy) is 3. The Morgan fingerprint density at radius 2 is 1.76 bits per heavy atom. The van der Waals surface area contributed by atoms with Crippen molar-refractivity contribution in [3.8, 4) is 17.2 Å². The molecule has 3 rings (SSSR count). The van der Waals surface area contributed by atoms with Crippen LogP contribution in [-0.2, 0) is 17.8 Å². The average molecular weight is 413 g/mol. The number of carbonyl (C=O) groups excluding carboxylic acids is 1. The molecule has 1 amide bonds. The van der Waals surface area contributed by atoms with Gasteiger partial charge in [-0.15, -0.1) is 11.3 Å². The highest BCUT2D eigenvalue weighted by Crippen LogP contribution is 2.33. The van der Waals surface area contributed by atoms with Crippen LogP contribution < -0.4 is 19.5 Å². The summed E-state index contributed by atoms with van der Waals surface area (Å²) in [6, 6.07) is 11.5. The van der Waals surface area contributed by atoms with Crippen molar-refractivity contribution in [2.45, 2.75) is 26.9 Å². The minimum Gasteiger partial charge on any atom is -0.493 e. The zero-order valence-electron chi connectivity index (χ0n) is 16.9. The van der Waals surface area contributed by atoms with Gasteiger partial charge in [0, 0.05) is 17.1 Å². The van der Waals surface area contributed by atoms with Gasteiger partial charge < -0.3 is 19.5 Å². The summed E-state index contributed by atoms with van der Waals surface area (Å²) >= 11 is 1.48. The maximum Gasteiger partial charge on any atom is 0.230 e. The molecule has 0 spiro atoms. The number of thiazole rings is 1. The first-order chi connectivity index (χ1) is 14.0. The van der Waals surface area contributed by atoms with E-state index in [1.54, 1.807) is 20.3 Å². The zero-order valence-corrected chi connectivity index (χ0v) is 17.8. The molecule has 0 bridgehead atoms. The summed E-state index contributed by atoms with van der Waals surface area (Å²) in [5.74, 6) is 1.85. The van der Waals surface area contributed by atoms with Crippen LogP contribution in [0.5, 0.6) is 17.2 Å². The molecule has 152 valence electrons. The second kappa shape index (κ2) is 9.43. The Labute approximate surface area is 174 Å². The van der Waals surface area contributed by atoms with Crippen molar-refractivity contribution >= 4 is 22.9 Å². The molecular weight excluding hydrogens is 388 g/mol. The number of hydrogen-bond acceptors (Lipinski definition) is 6. The third kappa shape index (κ3) is 5.48. The molecule has 29 heavy (non-hydrogen) atoms. The second-order valence-corrected chi connectivity index (χ2v) is 7.52. The van der Waals surface area contributed by atoms with E-state index < -0.39 is 0 Å². The van der Waals surface area contributed by atoms with Crippen molar-refractivity contribution in [2.75, 3.05) is 19.5 Å². The Bertz CT molecular complexity index is 983. The molecule has 0 unspecified atom stereocenters. The van der Waals surface area contributed by atoms with E-state index in [1.165, 1.54) is 16.9 Å². The number of hydrogen-bond donors (Lipinski definition) is 1. The Balaban J connectivity index is 1.58. The van der Waals surface area contributed by atoms with Gasteiger partial charge in [-0.1, -0.05) is 17.7 Å². The number of rotatable bonds is 8. The SMILES string of the molecule is COc1cc(C)c(NC(=O)Cc2csc(COc3ccc(C)cc3)n2)cc1OC. The van der Waals surface area contributed by atoms with Crippen LogP contribution in [0.25, 0.3) is 0 Å². The lowest BCUT2D eigenvalue weighted by atomic mass is 10.1. The standard InChI is InChI=1S/C22H24N2O4S/c1-14-5-7-17(8-6-14)28-12-22-23-16(13-29-22)10-21(25)24-18-11-20(27-4)19(26-3)9-15(18)2/h5-9,11,13H,10,12H2,1-4H3,(H,24,25). The van der Waals surface area contributed by atoms with Crippen molar-refractivity contribution in [1.29, 1.82) is 0 Å². The maximum absolute atomic E-state index is 12.5. The lowest BCUT2D eigenvalue weighted by Gasteiger charge is -2.13. The van der Waals surface area contributed by atoms with Gasteiger partial charge in [-0.05, 0) is 37.6 Å². The smallest absolute Gasteiger partial charge is 0.230 e. The van der Waals surface area contributed by atoms with Crippen LogP contribution in [0.3, 0.4) is 0 Å². The number of nitrogens with one attached hydrogen (secondary N) is 1. The summed E-state index contributed by atoms with van der Waals surface area (Å²) in [5.41, 5.74) is 3.48. The number of aromatic nitrogens is 1. The largest absolute Gasteiger partial charge is 0.493 e. The summed E-state index contributed by atoms with van der Waals surface area (Å²) in [7, 11) is 3.15. The van der Waals surface area contributed by atoms with Gasteiger partial charge in [0.25, 0.3) is 0 Å². The van der Waals surface area contributed by atoms with Crippen molar-refractivity contribution in [2.24, 2.45) is 0 Å². The van der Waals surface area contributed by atoms with Crippen molar-refractivity contribution in [3.63, 3.8) is 0 Å². The molecule has 2 aromatic carbocycles. The summed E-state index contributed by atoms with van der Waals surface area (Å²) in [6.45, 7) is 4.32. The topological polar surface area (TPSA) is 69.7 Å². The van der Waals surface area contributed by atoms with Gasteiger partial charge >= 0.3 is 0 Å². The lowest BCUT2D eigenvalue weighted by Crippen LogP contribution is -2.15. The molecule has 0 aliphatic carbocycles. The van der Waals surface area contributed by atoms with E-state index in [4.69, 9.17) is 14.2 Å². The number of anilines is 1. The van der Waals surface area contributed by atoms with E-state index in [2.05, 4.69) is 10.3 Å². The lowest BCUT2D eigenvalue weighted by molar-refractivity contribution is -0.115. The zero-order chi connectivity index (χ0) is 20.8.